The number of benzene rings is 1. The number of amides is 5. The molecule has 0 radical (unpaired) electrons. The summed E-state index contributed by atoms with van der Waals surface area (Å²) in [5.41, 5.74) is 1.37. The number of piperidine rings is 1. The summed E-state index contributed by atoms with van der Waals surface area (Å²) in [7, 11) is -2.05. The van der Waals surface area contributed by atoms with E-state index in [1.54, 1.807) is 6.92 Å². The summed E-state index contributed by atoms with van der Waals surface area (Å²) >= 11 is 0. The molecule has 13 nitrogen and oxygen atoms in total. The van der Waals surface area contributed by atoms with Crippen LogP contribution in [-0.2, 0) is 42.0 Å². The zero-order valence-corrected chi connectivity index (χ0v) is 34.0. The van der Waals surface area contributed by atoms with E-state index in [4.69, 9.17) is 6.42 Å². The van der Waals surface area contributed by atoms with Gasteiger partial charge in [0.15, 0.2) is 0 Å². The van der Waals surface area contributed by atoms with Gasteiger partial charge in [-0.1, -0.05) is 72.2 Å². The van der Waals surface area contributed by atoms with Crippen LogP contribution in [0.3, 0.4) is 0 Å². The second-order valence-electron chi connectivity index (χ2n) is 16.8. The molecular formula is C40H60N6O7S. The number of likely N-dealkylation sites (N-methyl/N-ethyl adjacent to an activating group) is 1. The van der Waals surface area contributed by atoms with Crippen molar-refractivity contribution < 1.29 is 32.4 Å². The molecule has 0 spiro atoms. The highest BCUT2D eigenvalue weighted by Crippen LogP contribution is 2.65. The zero-order valence-electron chi connectivity index (χ0n) is 33.2. The Morgan fingerprint density at radius 2 is 1.67 bits per heavy atom. The number of rotatable bonds is 17. The van der Waals surface area contributed by atoms with Gasteiger partial charge in [-0.2, -0.15) is 0 Å². The van der Waals surface area contributed by atoms with E-state index in [-0.39, 0.29) is 48.3 Å². The van der Waals surface area contributed by atoms with Gasteiger partial charge in [0.2, 0.25) is 27.6 Å². The number of unbranched alkanes of at least 4 members (excludes halogenated alkanes) is 1. The summed E-state index contributed by atoms with van der Waals surface area (Å²) in [5.74, 6) is -0.625. The normalized spacial score (nSPS) is 21.9. The standard InChI is InChI=1S/C40H60N6O7S/c1-10-13-19-29(34(47)36(49)41-20-14-11-2)42-35(48)33-31-28(40(31,7)8)23-46(33)37(50)32(27-21-25-17-15-16-18-26(25)22-27)44-38(51)43-30(39(4,5)6)24-45(9)54(52,53)12-3/h1,15-18,27-33H,11-14,19-24H2,2-9H3,(H,41,49)(H,42,48)(H2,43,44,51)/t28-,29?,30+,31-,32-,33-/m0/s1. The first-order valence-corrected chi connectivity index (χ1v) is 20.8. The fourth-order valence-corrected chi connectivity index (χ4v) is 8.86. The van der Waals surface area contributed by atoms with Crippen LogP contribution in [0.25, 0.3) is 0 Å². The lowest BCUT2D eigenvalue weighted by Gasteiger charge is -2.37. The summed E-state index contributed by atoms with van der Waals surface area (Å²) in [5, 5.41) is 11.3. The number of likely N-dealkylation sites (tertiary alicyclic amines) is 1. The predicted octanol–water partition coefficient (Wildman–Crippen LogP) is 2.63. The average molecular weight is 769 g/mol. The Balaban J connectivity index is 1.61. The van der Waals surface area contributed by atoms with Crippen LogP contribution in [0.4, 0.5) is 4.79 Å². The lowest BCUT2D eigenvalue weighted by atomic mass is 9.86. The fourth-order valence-electron chi connectivity index (χ4n) is 8.05. The second-order valence-corrected chi connectivity index (χ2v) is 19.2. The quantitative estimate of drug-likeness (QED) is 0.107. The Kier molecular flexibility index (Phi) is 13.7. The van der Waals surface area contributed by atoms with Gasteiger partial charge in [0.1, 0.15) is 12.1 Å². The van der Waals surface area contributed by atoms with E-state index in [9.17, 15) is 32.4 Å². The van der Waals surface area contributed by atoms with Crippen molar-refractivity contribution in [1.29, 1.82) is 0 Å². The van der Waals surface area contributed by atoms with Crippen molar-refractivity contribution in [3.8, 4) is 12.3 Å². The van der Waals surface area contributed by atoms with Crippen LogP contribution in [0.5, 0.6) is 0 Å². The van der Waals surface area contributed by atoms with Crippen LogP contribution in [0.1, 0.15) is 85.3 Å². The number of urea groups is 1. The fraction of sp³-hybridized carbons (Fsp3) is 0.675. The van der Waals surface area contributed by atoms with Crippen molar-refractivity contribution >= 4 is 39.6 Å². The molecule has 1 saturated heterocycles. The molecule has 5 amide bonds. The third-order valence-electron chi connectivity index (χ3n) is 11.7. The van der Waals surface area contributed by atoms with Crippen LogP contribution in [0.2, 0.25) is 0 Å². The van der Waals surface area contributed by atoms with Crippen molar-refractivity contribution in [2.24, 2.45) is 28.6 Å². The van der Waals surface area contributed by atoms with Crippen LogP contribution < -0.4 is 21.3 Å². The monoisotopic (exact) mass is 768 g/mol. The molecule has 6 atom stereocenters. The van der Waals surface area contributed by atoms with Gasteiger partial charge < -0.3 is 26.2 Å². The number of hydrogen-bond donors (Lipinski definition) is 4. The first-order chi connectivity index (χ1) is 25.3. The number of nitrogens with zero attached hydrogens (tertiary/aromatic N) is 2. The summed E-state index contributed by atoms with van der Waals surface area (Å²) in [4.78, 5) is 70.6. The van der Waals surface area contributed by atoms with Gasteiger partial charge in [0.25, 0.3) is 5.91 Å². The molecule has 54 heavy (non-hydrogen) atoms. The topological polar surface area (TPSA) is 174 Å². The van der Waals surface area contributed by atoms with Crippen molar-refractivity contribution in [3.63, 3.8) is 0 Å². The summed E-state index contributed by atoms with van der Waals surface area (Å²) < 4.78 is 26.5. The van der Waals surface area contributed by atoms with Crippen molar-refractivity contribution in [1.82, 2.24) is 30.5 Å². The van der Waals surface area contributed by atoms with Gasteiger partial charge in [-0.05, 0) is 72.3 Å². The summed E-state index contributed by atoms with van der Waals surface area (Å²) in [6.45, 7) is 14.0. The van der Waals surface area contributed by atoms with Gasteiger partial charge in [0, 0.05) is 39.1 Å². The lowest BCUT2D eigenvalue weighted by Crippen LogP contribution is -2.61. The highest BCUT2D eigenvalue weighted by atomic mass is 32.2. The predicted molar refractivity (Wildman–Crippen MR) is 207 cm³/mol. The Labute approximate surface area is 321 Å². The van der Waals surface area contributed by atoms with Gasteiger partial charge in [-0.15, -0.1) is 12.3 Å². The van der Waals surface area contributed by atoms with E-state index in [0.717, 1.165) is 17.5 Å². The molecule has 0 aromatic heterocycles. The molecule has 4 N–H and O–H groups in total. The van der Waals surface area contributed by atoms with Crippen molar-refractivity contribution in [3.05, 3.63) is 35.4 Å². The molecule has 14 heteroatoms. The first-order valence-electron chi connectivity index (χ1n) is 19.2. The maximum absolute atomic E-state index is 14.8. The molecular weight excluding hydrogens is 709 g/mol. The Hall–Kier alpha value is -3.96. The van der Waals surface area contributed by atoms with E-state index in [1.165, 1.54) is 16.3 Å². The number of hydrogen-bond acceptors (Lipinski definition) is 7. The number of sulfonamides is 1. The Morgan fingerprint density at radius 1 is 1.04 bits per heavy atom. The molecule has 298 valence electrons. The minimum atomic E-state index is -3.53. The Morgan fingerprint density at radius 3 is 2.22 bits per heavy atom. The smallest absolute Gasteiger partial charge is 0.315 e. The van der Waals surface area contributed by atoms with E-state index >= 15 is 0 Å². The second kappa shape index (κ2) is 17.2. The SMILES string of the molecule is C#CCCC(NC(=O)[C@@H]1[C@@H]2[C@H](CN1C(=O)[C@@H](NC(=O)N[C@H](CN(C)S(=O)(=O)CC)C(C)(C)C)C1Cc3ccccc3C1)C2(C)C)C(=O)C(=O)NCCCC. The third kappa shape index (κ3) is 9.63. The number of ketones is 1. The van der Waals surface area contributed by atoms with E-state index < -0.39 is 69.1 Å². The van der Waals surface area contributed by atoms with E-state index in [2.05, 4.69) is 27.2 Å². The summed E-state index contributed by atoms with van der Waals surface area (Å²) in [6, 6.07) is 3.54. The van der Waals surface area contributed by atoms with Gasteiger partial charge >= 0.3 is 6.03 Å². The number of Topliss-reactive ketones (excluding diaryl/α,β-unsaturated/α-hetero) is 1. The van der Waals surface area contributed by atoms with E-state index in [0.29, 0.717) is 32.4 Å². The van der Waals surface area contributed by atoms with Crippen molar-refractivity contribution in [2.75, 3.05) is 32.4 Å². The zero-order chi connectivity index (χ0) is 40.2. The number of carbonyl (C=O) groups is 5. The van der Waals surface area contributed by atoms with Gasteiger partial charge in [-0.25, -0.2) is 17.5 Å². The lowest BCUT2D eigenvalue weighted by molar-refractivity contribution is -0.144. The molecule has 1 aromatic rings. The third-order valence-corrected chi connectivity index (χ3v) is 13.6. The summed E-state index contributed by atoms with van der Waals surface area (Å²) in [6.07, 6.45) is 8.32. The molecule has 1 unspecified atom stereocenters. The maximum Gasteiger partial charge on any atom is 0.315 e. The number of fused-ring (bicyclic) bond motifs is 2. The number of nitrogens with one attached hydrogen (secondary N) is 4. The highest BCUT2D eigenvalue weighted by Gasteiger charge is 2.70. The molecule has 1 heterocycles. The molecule has 2 fully saturated rings. The van der Waals surface area contributed by atoms with Crippen LogP contribution >= 0.6 is 0 Å². The number of carbonyl (C=O) groups excluding carboxylic acids is 5. The molecule has 0 bridgehead atoms. The van der Waals surface area contributed by atoms with Crippen LogP contribution in [0, 0.1) is 40.9 Å². The molecule has 1 aliphatic heterocycles. The molecule has 1 aromatic carbocycles. The highest BCUT2D eigenvalue weighted by molar-refractivity contribution is 7.89. The maximum atomic E-state index is 14.8. The minimum absolute atomic E-state index is 0.0194. The van der Waals surface area contributed by atoms with Crippen LogP contribution in [0.15, 0.2) is 24.3 Å². The minimum Gasteiger partial charge on any atom is -0.349 e. The van der Waals surface area contributed by atoms with E-state index in [1.807, 2.05) is 65.8 Å². The molecule has 4 rings (SSSR count). The molecule has 1 saturated carbocycles. The molecule has 2 aliphatic carbocycles. The number of terminal acetylenes is 1. The van der Waals surface area contributed by atoms with Gasteiger partial charge in [-0.3, -0.25) is 19.2 Å². The largest absolute Gasteiger partial charge is 0.349 e. The molecule has 3 aliphatic rings. The first kappa shape index (κ1) is 42.8. The van der Waals surface area contributed by atoms with Crippen LogP contribution in [-0.4, -0.2) is 104 Å². The Bertz CT molecular complexity index is 1710. The van der Waals surface area contributed by atoms with Crippen molar-refractivity contribution in [2.45, 2.75) is 111 Å². The van der Waals surface area contributed by atoms with Gasteiger partial charge in [0.05, 0.1) is 11.8 Å². The average Bonchev–Trinajstić information content (AvgIpc) is 3.47.